The zero-order valence-corrected chi connectivity index (χ0v) is 23.1. The van der Waals surface area contributed by atoms with Gasteiger partial charge in [0.15, 0.2) is 0 Å². The number of carbonyl (C=O) groups is 2. The maximum Gasteiger partial charge on any atom is 0.251 e. The molecule has 0 aromatic heterocycles. The van der Waals surface area contributed by atoms with Gasteiger partial charge in [0, 0.05) is 24.7 Å². The van der Waals surface area contributed by atoms with Gasteiger partial charge in [-0.3, -0.25) is 14.5 Å². The van der Waals surface area contributed by atoms with E-state index in [1.165, 1.54) is 19.8 Å². The molecule has 4 N–H and O–H groups in total. The minimum Gasteiger partial charge on any atom is -0.390 e. The first-order chi connectivity index (χ1) is 19.7. The molecule has 4 atom stereocenters. The lowest BCUT2D eigenvalue weighted by atomic mass is 9.90. The lowest BCUT2D eigenvalue weighted by molar-refractivity contribution is -0.131. The maximum absolute atomic E-state index is 13.9. The van der Waals surface area contributed by atoms with E-state index in [0.29, 0.717) is 5.56 Å². The van der Waals surface area contributed by atoms with Gasteiger partial charge in [0.1, 0.15) is 17.7 Å². The molecule has 41 heavy (non-hydrogen) atoms. The second-order valence-corrected chi connectivity index (χ2v) is 10.7. The van der Waals surface area contributed by atoms with Crippen LogP contribution < -0.4 is 10.6 Å². The molecule has 0 saturated carbocycles. The van der Waals surface area contributed by atoms with Crippen molar-refractivity contribution >= 4 is 11.8 Å². The Morgan fingerprint density at radius 3 is 2.12 bits per heavy atom. The van der Waals surface area contributed by atoms with Crippen LogP contribution in [0, 0.1) is 17.6 Å². The van der Waals surface area contributed by atoms with Crippen LogP contribution >= 0.6 is 0 Å². The van der Waals surface area contributed by atoms with Gasteiger partial charge in [-0.25, -0.2) is 8.78 Å². The SMILES string of the molecule is C[C@@H](C(=O)NCc1ccccc1)[C@@H](O)[C@H](O)[C@H](Cc1cc(F)cc(F)c1)NC(=O)c1ccc(CN2CCCC2)cc1. The smallest absolute Gasteiger partial charge is 0.251 e. The monoisotopic (exact) mass is 565 g/mol. The fourth-order valence-corrected chi connectivity index (χ4v) is 5.09. The van der Waals surface area contributed by atoms with Crippen molar-refractivity contribution in [1.29, 1.82) is 0 Å². The highest BCUT2D eigenvalue weighted by Gasteiger charge is 2.34. The van der Waals surface area contributed by atoms with Gasteiger partial charge in [0.25, 0.3) is 5.91 Å². The molecule has 1 fully saturated rings. The number of halogens is 2. The topological polar surface area (TPSA) is 102 Å². The van der Waals surface area contributed by atoms with Crippen LogP contribution in [0.25, 0.3) is 0 Å². The van der Waals surface area contributed by atoms with Gasteiger partial charge >= 0.3 is 0 Å². The van der Waals surface area contributed by atoms with Crippen LogP contribution in [0.3, 0.4) is 0 Å². The molecule has 4 rings (SSSR count). The van der Waals surface area contributed by atoms with Crippen molar-refractivity contribution in [2.45, 2.75) is 57.5 Å². The Balaban J connectivity index is 1.45. The largest absolute Gasteiger partial charge is 0.390 e. The molecule has 2 amide bonds. The van der Waals surface area contributed by atoms with Crippen molar-refractivity contribution in [1.82, 2.24) is 15.5 Å². The van der Waals surface area contributed by atoms with E-state index < -0.39 is 47.6 Å². The summed E-state index contributed by atoms with van der Waals surface area (Å²) < 4.78 is 27.8. The van der Waals surface area contributed by atoms with E-state index in [2.05, 4.69) is 15.5 Å². The standard InChI is InChI=1S/C32H37F2N3O4/c1-21(31(40)35-19-22-7-3-2-4-8-22)29(38)30(39)28(17-24-15-26(33)18-27(34)16-24)36-32(41)25-11-9-23(10-12-25)20-37-13-5-6-14-37/h2-4,7-12,15-16,18,21,28-30,38-39H,5-6,13-14,17,19-20H2,1H3,(H,35,40)(H,36,41)/t21-,28+,29-,30-/m1/s1. The fraction of sp³-hybridized carbons (Fsp3) is 0.375. The van der Waals surface area contributed by atoms with E-state index >= 15 is 0 Å². The average Bonchev–Trinajstić information content (AvgIpc) is 3.48. The molecule has 218 valence electrons. The molecule has 7 nitrogen and oxygen atoms in total. The molecule has 9 heteroatoms. The normalized spacial score (nSPS) is 16.5. The number of aliphatic hydroxyl groups is 2. The fourth-order valence-electron chi connectivity index (χ4n) is 5.09. The van der Waals surface area contributed by atoms with Gasteiger partial charge < -0.3 is 20.8 Å². The number of rotatable bonds is 12. The van der Waals surface area contributed by atoms with E-state index in [1.807, 2.05) is 42.5 Å². The van der Waals surface area contributed by atoms with Crippen LogP contribution in [0.1, 0.15) is 46.8 Å². The van der Waals surface area contributed by atoms with Crippen LogP contribution in [0.15, 0.2) is 72.8 Å². The Hall–Kier alpha value is -3.66. The Bertz CT molecular complexity index is 1280. The molecule has 3 aromatic rings. The summed E-state index contributed by atoms with van der Waals surface area (Å²) in [4.78, 5) is 28.3. The molecular weight excluding hydrogens is 528 g/mol. The van der Waals surface area contributed by atoms with Crippen LogP contribution in [-0.4, -0.2) is 58.3 Å². The van der Waals surface area contributed by atoms with Crippen molar-refractivity contribution < 1.29 is 28.6 Å². The zero-order valence-electron chi connectivity index (χ0n) is 23.1. The van der Waals surface area contributed by atoms with Gasteiger partial charge in [0.2, 0.25) is 5.91 Å². The number of benzene rings is 3. The van der Waals surface area contributed by atoms with Crippen LogP contribution in [0.5, 0.6) is 0 Å². The number of likely N-dealkylation sites (tertiary alicyclic amines) is 1. The summed E-state index contributed by atoms with van der Waals surface area (Å²) >= 11 is 0. The molecule has 0 bridgehead atoms. The number of carbonyl (C=O) groups excluding carboxylic acids is 2. The number of hydrogen-bond donors (Lipinski definition) is 4. The van der Waals surface area contributed by atoms with Gasteiger partial charge in [-0.15, -0.1) is 0 Å². The van der Waals surface area contributed by atoms with E-state index in [1.54, 1.807) is 12.1 Å². The summed E-state index contributed by atoms with van der Waals surface area (Å²) in [5.41, 5.74) is 2.45. The van der Waals surface area contributed by atoms with Crippen LogP contribution in [0.4, 0.5) is 8.78 Å². The molecule has 0 spiro atoms. The third kappa shape index (κ3) is 8.66. The second kappa shape index (κ2) is 14.3. The van der Waals surface area contributed by atoms with E-state index in [0.717, 1.165) is 49.0 Å². The van der Waals surface area contributed by atoms with Gasteiger partial charge in [-0.05, 0) is 73.3 Å². The first-order valence-electron chi connectivity index (χ1n) is 13.9. The Kier molecular flexibility index (Phi) is 10.6. The summed E-state index contributed by atoms with van der Waals surface area (Å²) in [5, 5.41) is 27.5. The quantitative estimate of drug-likeness (QED) is 0.269. The van der Waals surface area contributed by atoms with E-state index in [-0.39, 0.29) is 18.5 Å². The molecule has 3 aromatic carbocycles. The molecule has 1 aliphatic heterocycles. The first-order valence-corrected chi connectivity index (χ1v) is 13.9. The summed E-state index contributed by atoms with van der Waals surface area (Å²) in [5.74, 6) is -3.66. The summed E-state index contributed by atoms with van der Waals surface area (Å²) in [7, 11) is 0. The van der Waals surface area contributed by atoms with E-state index in [4.69, 9.17) is 0 Å². The predicted molar refractivity (Wildman–Crippen MR) is 152 cm³/mol. The lowest BCUT2D eigenvalue weighted by Gasteiger charge is -2.30. The second-order valence-electron chi connectivity index (χ2n) is 10.7. The zero-order chi connectivity index (χ0) is 29.4. The predicted octanol–water partition coefficient (Wildman–Crippen LogP) is 3.58. The lowest BCUT2D eigenvalue weighted by Crippen LogP contribution is -2.53. The molecule has 0 unspecified atom stereocenters. The van der Waals surface area contributed by atoms with Crippen molar-refractivity contribution in [3.05, 3.63) is 107 Å². The third-order valence-corrected chi connectivity index (χ3v) is 7.51. The van der Waals surface area contributed by atoms with Crippen molar-refractivity contribution in [2.75, 3.05) is 13.1 Å². The minimum atomic E-state index is -1.61. The highest BCUT2D eigenvalue weighted by Crippen LogP contribution is 2.18. The molecule has 1 heterocycles. The van der Waals surface area contributed by atoms with Crippen molar-refractivity contribution in [3.8, 4) is 0 Å². The number of hydrogen-bond acceptors (Lipinski definition) is 5. The maximum atomic E-state index is 13.9. The average molecular weight is 566 g/mol. The Morgan fingerprint density at radius 2 is 1.49 bits per heavy atom. The number of nitrogens with zero attached hydrogens (tertiary/aromatic N) is 1. The highest BCUT2D eigenvalue weighted by molar-refractivity contribution is 5.94. The van der Waals surface area contributed by atoms with Crippen LogP contribution in [-0.2, 0) is 24.3 Å². The summed E-state index contributed by atoms with van der Waals surface area (Å²) in [6.45, 7) is 4.60. The van der Waals surface area contributed by atoms with Crippen LogP contribution in [0.2, 0.25) is 0 Å². The van der Waals surface area contributed by atoms with Gasteiger partial charge in [-0.1, -0.05) is 49.4 Å². The summed E-state index contributed by atoms with van der Waals surface area (Å²) in [6, 6.07) is 18.1. The number of aliphatic hydroxyl groups excluding tert-OH is 2. The van der Waals surface area contributed by atoms with Gasteiger partial charge in [0.05, 0.1) is 18.1 Å². The van der Waals surface area contributed by atoms with Crippen molar-refractivity contribution in [3.63, 3.8) is 0 Å². The molecule has 1 aliphatic rings. The third-order valence-electron chi connectivity index (χ3n) is 7.51. The highest BCUT2D eigenvalue weighted by atomic mass is 19.1. The Labute approximate surface area is 239 Å². The molecular formula is C32H37F2N3O4. The molecule has 0 aliphatic carbocycles. The molecule has 1 saturated heterocycles. The van der Waals surface area contributed by atoms with Crippen molar-refractivity contribution in [2.24, 2.45) is 5.92 Å². The summed E-state index contributed by atoms with van der Waals surface area (Å²) in [6.07, 6.45) is -1.00. The molecule has 0 radical (unpaired) electrons. The van der Waals surface area contributed by atoms with Gasteiger partial charge in [-0.2, -0.15) is 0 Å². The first kappa shape index (κ1) is 30.3. The van der Waals surface area contributed by atoms with E-state index in [9.17, 15) is 28.6 Å². The number of nitrogens with one attached hydrogen (secondary N) is 2. The minimum absolute atomic E-state index is 0.177. The Morgan fingerprint density at radius 1 is 0.854 bits per heavy atom. The number of amides is 2.